The molecule has 2 N–H and O–H groups in total. The summed E-state index contributed by atoms with van der Waals surface area (Å²) in [6.45, 7) is -0.806. The Bertz CT molecular complexity index is 553. The van der Waals surface area contributed by atoms with Crippen molar-refractivity contribution in [1.82, 2.24) is 5.32 Å². The van der Waals surface area contributed by atoms with E-state index in [9.17, 15) is 29.7 Å². The minimum absolute atomic E-state index is 0. The van der Waals surface area contributed by atoms with E-state index in [-0.39, 0.29) is 95.2 Å². The van der Waals surface area contributed by atoms with E-state index in [1.807, 2.05) is 0 Å². The molecule has 23 heavy (non-hydrogen) atoms. The molecule has 108 valence electrons. The molecule has 1 rings (SSSR count). The predicted molar refractivity (Wildman–Crippen MR) is 57.8 cm³/mol. The monoisotopic (exact) mass is 349 g/mol. The first-order valence-electron chi connectivity index (χ1n) is 5.47. The molecule has 11 heteroatoms. The second kappa shape index (κ2) is 13.8. The quantitative estimate of drug-likeness (QED) is 0.460. The number of aliphatic hydroxyl groups excluding tert-OH is 1. The van der Waals surface area contributed by atoms with Crippen molar-refractivity contribution in [2.24, 2.45) is 0 Å². The fraction of sp³-hybridized carbons (Fsp3) is 0.250. The van der Waals surface area contributed by atoms with Crippen LogP contribution in [0, 0.1) is 0 Å². The molecule has 1 atom stereocenters. The molecule has 0 saturated carbocycles. The van der Waals surface area contributed by atoms with Gasteiger partial charge < -0.3 is 40.1 Å². The Labute approximate surface area is 198 Å². The average molecular weight is 349 g/mol. The summed E-state index contributed by atoms with van der Waals surface area (Å²) in [6, 6.07) is 2.01. The summed E-state index contributed by atoms with van der Waals surface area (Å²) < 4.78 is 0. The van der Waals surface area contributed by atoms with Gasteiger partial charge in [-0.1, -0.05) is 12.1 Å². The van der Waals surface area contributed by atoms with Crippen LogP contribution in [0.2, 0.25) is 0 Å². The number of aliphatic hydroxyl groups is 1. The number of carbonyl (C=O) groups excluding carboxylic acids is 3. The summed E-state index contributed by atoms with van der Waals surface area (Å²) in [5, 5.41) is 43.2. The Balaban J connectivity index is -0.00000133. The van der Waals surface area contributed by atoms with Crippen LogP contribution in [0.4, 0.5) is 0 Å². The molecule has 0 bridgehead atoms. The Kier molecular flexibility index (Phi) is 17.0. The molecule has 0 aliphatic rings. The number of rotatable bonds is 7. The number of aromatic carboxylic acids is 2. The first kappa shape index (κ1) is 28.4. The molecule has 0 amide bonds. The summed E-state index contributed by atoms with van der Waals surface area (Å²) in [4.78, 5) is 32.1. The molecule has 8 nitrogen and oxygen atoms in total. The number of nitrogens with one attached hydrogen (secondary N) is 1. The van der Waals surface area contributed by atoms with Gasteiger partial charge in [-0.25, -0.2) is 0 Å². The van der Waals surface area contributed by atoms with Gasteiger partial charge in [0.05, 0.1) is 30.6 Å². The van der Waals surface area contributed by atoms with Crippen molar-refractivity contribution < 1.29 is 123 Å². The van der Waals surface area contributed by atoms with Crippen LogP contribution in [-0.2, 0) is 11.3 Å². The molecule has 0 radical (unpaired) electrons. The smallest absolute Gasteiger partial charge is 0.548 e. The van der Waals surface area contributed by atoms with Gasteiger partial charge in [0.15, 0.2) is 0 Å². The van der Waals surface area contributed by atoms with Gasteiger partial charge in [-0.15, -0.1) is 0 Å². The molecule has 0 heterocycles. The van der Waals surface area contributed by atoms with Crippen LogP contribution in [0.5, 0.6) is 0 Å². The van der Waals surface area contributed by atoms with Gasteiger partial charge >= 0.3 is 88.7 Å². The van der Waals surface area contributed by atoms with E-state index in [1.165, 1.54) is 6.07 Å². The zero-order chi connectivity index (χ0) is 15.3. The Morgan fingerprint density at radius 3 is 1.91 bits per heavy atom. The average Bonchev–Trinajstić information content (AvgIpc) is 2.38. The van der Waals surface area contributed by atoms with E-state index >= 15 is 0 Å². The van der Waals surface area contributed by atoms with E-state index in [0.29, 0.717) is 5.56 Å². The number of carbonyl (C=O) groups is 3. The first-order chi connectivity index (χ1) is 9.36. The Hall–Kier alpha value is 0.550. The van der Waals surface area contributed by atoms with Crippen molar-refractivity contribution >= 4 is 17.9 Å². The van der Waals surface area contributed by atoms with Crippen molar-refractivity contribution in [2.45, 2.75) is 12.6 Å². The Morgan fingerprint density at radius 2 is 1.52 bits per heavy atom. The normalized spacial score (nSPS) is 10.3. The molecular weight excluding hydrogens is 339 g/mol. The first-order valence-corrected chi connectivity index (χ1v) is 5.47. The number of hydrogen-bond donors (Lipinski definition) is 2. The van der Waals surface area contributed by atoms with Crippen LogP contribution in [0.1, 0.15) is 26.3 Å². The molecule has 0 unspecified atom stereocenters. The van der Waals surface area contributed by atoms with Crippen molar-refractivity contribution in [3.63, 3.8) is 0 Å². The summed E-state index contributed by atoms with van der Waals surface area (Å²) in [5.41, 5.74) is -0.806. The van der Waals surface area contributed by atoms with Crippen LogP contribution in [0.3, 0.4) is 0 Å². The number of carboxylic acid groups (broad SMARTS) is 3. The number of carboxylic acids is 3. The second-order valence-corrected chi connectivity index (χ2v) is 3.89. The maximum Gasteiger partial charge on any atom is 1.00 e. The zero-order valence-electron chi connectivity index (χ0n) is 13.1. The molecule has 0 spiro atoms. The summed E-state index contributed by atoms with van der Waals surface area (Å²) >= 11 is 0. The van der Waals surface area contributed by atoms with Gasteiger partial charge in [0.2, 0.25) is 0 Å². The van der Waals surface area contributed by atoms with Gasteiger partial charge in [0, 0.05) is 17.7 Å². The number of hydrogen-bond acceptors (Lipinski definition) is 8. The molecule has 0 aromatic heterocycles. The fourth-order valence-corrected chi connectivity index (χ4v) is 1.51. The van der Waals surface area contributed by atoms with E-state index in [2.05, 4.69) is 5.32 Å². The van der Waals surface area contributed by atoms with Crippen LogP contribution < -0.4 is 109 Å². The van der Waals surface area contributed by atoms with Gasteiger partial charge in [-0.05, 0) is 11.6 Å². The predicted octanol–water partition coefficient (Wildman–Crippen LogP) is -13.4. The molecule has 0 fully saturated rings. The maximum absolute atomic E-state index is 10.8. The third-order valence-electron chi connectivity index (χ3n) is 2.54. The van der Waals surface area contributed by atoms with Gasteiger partial charge in [0.1, 0.15) is 0 Å². The fourth-order valence-electron chi connectivity index (χ4n) is 1.51. The van der Waals surface area contributed by atoms with Crippen molar-refractivity contribution in [3.05, 3.63) is 34.9 Å². The minimum Gasteiger partial charge on any atom is -0.548 e. The standard InChI is InChI=1S/C12H13NO7.3Na/c14-5-9(12(19)20)13-4-6-1-2-7(10(15)16)8(3-6)11(17)18;;;/h1-3,9,13-14H,4-5H2,(H,15,16)(H,17,18)(H,19,20);;;/q;3*+1/p-3/t9-;;;/m0.../s1. The number of aliphatic carboxylic acids is 1. The van der Waals surface area contributed by atoms with Crippen LogP contribution in [0.15, 0.2) is 18.2 Å². The topological polar surface area (TPSA) is 153 Å². The third-order valence-corrected chi connectivity index (χ3v) is 2.54. The van der Waals surface area contributed by atoms with Crippen molar-refractivity contribution in [1.29, 1.82) is 0 Å². The van der Waals surface area contributed by atoms with Crippen molar-refractivity contribution in [2.75, 3.05) is 6.61 Å². The maximum atomic E-state index is 10.8. The molecule has 1 aromatic rings. The summed E-state index contributed by atoms with van der Waals surface area (Å²) in [5.74, 6) is -4.87. The van der Waals surface area contributed by atoms with Gasteiger partial charge in [0.25, 0.3) is 0 Å². The largest absolute Gasteiger partial charge is 1.00 e. The van der Waals surface area contributed by atoms with Crippen LogP contribution in [-0.4, -0.2) is 35.7 Å². The second-order valence-electron chi connectivity index (χ2n) is 3.89. The van der Waals surface area contributed by atoms with Crippen molar-refractivity contribution in [3.8, 4) is 0 Å². The Morgan fingerprint density at radius 1 is 1.00 bits per heavy atom. The SMILES string of the molecule is O=C([O-])c1ccc(CN[C@@H](CO)C(=O)[O-])cc1C(=O)[O-].[Na+].[Na+].[Na+]. The third kappa shape index (κ3) is 8.99. The van der Waals surface area contributed by atoms with Crippen LogP contribution >= 0.6 is 0 Å². The molecule has 1 aromatic carbocycles. The zero-order valence-corrected chi connectivity index (χ0v) is 19.1. The molecule has 0 aliphatic heterocycles. The molecular formula is C12H10NNa3O7. The van der Waals surface area contributed by atoms with Crippen LogP contribution in [0.25, 0.3) is 0 Å². The summed E-state index contributed by atoms with van der Waals surface area (Å²) in [6.07, 6.45) is 0. The van der Waals surface area contributed by atoms with Gasteiger partial charge in [-0.3, -0.25) is 0 Å². The molecule has 0 aliphatic carbocycles. The summed E-state index contributed by atoms with van der Waals surface area (Å²) in [7, 11) is 0. The van der Waals surface area contributed by atoms with E-state index in [1.54, 1.807) is 0 Å². The van der Waals surface area contributed by atoms with Gasteiger partial charge in [-0.2, -0.15) is 0 Å². The van der Waals surface area contributed by atoms with E-state index < -0.39 is 41.7 Å². The van der Waals surface area contributed by atoms with E-state index in [0.717, 1.165) is 12.1 Å². The van der Waals surface area contributed by atoms with E-state index in [4.69, 9.17) is 5.11 Å². The molecule has 0 saturated heterocycles. The minimum atomic E-state index is -1.69. The number of benzene rings is 1.